The van der Waals surface area contributed by atoms with Gasteiger partial charge in [-0.15, -0.1) is 11.8 Å². The Balaban J connectivity index is 2.72. The average Bonchev–Trinajstić information content (AvgIpc) is 2.37. The van der Waals surface area contributed by atoms with Crippen LogP contribution in [0.5, 0.6) is 0 Å². The number of pyridine rings is 1. The van der Waals surface area contributed by atoms with Crippen molar-refractivity contribution in [3.8, 4) is 0 Å². The van der Waals surface area contributed by atoms with Crippen molar-refractivity contribution in [3.63, 3.8) is 0 Å². The van der Waals surface area contributed by atoms with Crippen LogP contribution in [0.3, 0.4) is 0 Å². The number of thioether (sulfide) groups is 1. The zero-order chi connectivity index (χ0) is 14.4. The quantitative estimate of drug-likeness (QED) is 0.807. The van der Waals surface area contributed by atoms with Gasteiger partial charge in [-0.2, -0.15) is 0 Å². The van der Waals surface area contributed by atoms with Gasteiger partial charge < -0.3 is 9.84 Å². The second-order valence-corrected chi connectivity index (χ2v) is 5.45. The van der Waals surface area contributed by atoms with Gasteiger partial charge in [0, 0.05) is 5.75 Å². The van der Waals surface area contributed by atoms with Crippen molar-refractivity contribution in [2.24, 2.45) is 5.92 Å². The molecule has 0 aliphatic heterocycles. The van der Waals surface area contributed by atoms with Crippen LogP contribution in [0.15, 0.2) is 18.2 Å². The molecular weight excluding hydrogens is 266 g/mol. The van der Waals surface area contributed by atoms with Crippen LogP contribution in [0.4, 0.5) is 0 Å². The van der Waals surface area contributed by atoms with Gasteiger partial charge in [0.2, 0.25) is 0 Å². The van der Waals surface area contributed by atoms with Crippen LogP contribution in [-0.2, 0) is 15.3 Å². The van der Waals surface area contributed by atoms with E-state index in [4.69, 9.17) is 5.11 Å². The number of carbonyl (C=O) groups is 2. The first kappa shape index (κ1) is 15.5. The lowest BCUT2D eigenvalue weighted by atomic mass is 10.1. The molecule has 1 N–H and O–H groups in total. The topological polar surface area (TPSA) is 76.5 Å². The number of esters is 1. The zero-order valence-corrected chi connectivity index (χ0v) is 11.9. The normalized spacial score (nSPS) is 12.2. The summed E-state index contributed by atoms with van der Waals surface area (Å²) in [7, 11) is 1.30. The summed E-state index contributed by atoms with van der Waals surface area (Å²) in [5.41, 5.74) is 0.900. The van der Waals surface area contributed by atoms with E-state index >= 15 is 0 Å². The first-order valence-electron chi connectivity index (χ1n) is 5.84. The van der Waals surface area contributed by atoms with Gasteiger partial charge in [-0.05, 0) is 18.1 Å². The van der Waals surface area contributed by atoms with Gasteiger partial charge in [-0.3, -0.25) is 4.79 Å². The molecule has 0 saturated heterocycles. The lowest BCUT2D eigenvalue weighted by Crippen LogP contribution is -2.22. The second-order valence-electron chi connectivity index (χ2n) is 4.32. The van der Waals surface area contributed by atoms with Crippen LogP contribution in [0.2, 0.25) is 0 Å². The van der Waals surface area contributed by atoms with Crippen LogP contribution in [0, 0.1) is 5.92 Å². The number of rotatable bonds is 6. The van der Waals surface area contributed by atoms with Crippen molar-refractivity contribution in [1.82, 2.24) is 4.98 Å². The standard InChI is InChI=1S/C13H17NO4S/c1-8(2)11(12(15)16)19-7-9-5-4-6-10(14-9)13(17)18-3/h4-6,8,11H,7H2,1-3H3,(H,15,16). The van der Waals surface area contributed by atoms with Crippen LogP contribution in [0.1, 0.15) is 30.0 Å². The van der Waals surface area contributed by atoms with Crippen molar-refractivity contribution in [1.29, 1.82) is 0 Å². The SMILES string of the molecule is COC(=O)c1cccc(CSC(C(=O)O)C(C)C)n1. The number of methoxy groups -OCH3 is 1. The van der Waals surface area contributed by atoms with E-state index in [1.807, 2.05) is 13.8 Å². The zero-order valence-electron chi connectivity index (χ0n) is 11.1. The average molecular weight is 283 g/mol. The summed E-state index contributed by atoms with van der Waals surface area (Å²) in [6.45, 7) is 3.73. The maximum absolute atomic E-state index is 11.3. The monoisotopic (exact) mass is 283 g/mol. The third kappa shape index (κ3) is 4.55. The Hall–Kier alpha value is -1.56. The number of carboxylic acid groups (broad SMARTS) is 1. The van der Waals surface area contributed by atoms with Gasteiger partial charge in [0.1, 0.15) is 10.9 Å². The molecule has 1 atom stereocenters. The van der Waals surface area contributed by atoms with Crippen LogP contribution < -0.4 is 0 Å². The number of hydrogen-bond donors (Lipinski definition) is 1. The van der Waals surface area contributed by atoms with Crippen LogP contribution >= 0.6 is 11.8 Å². The molecule has 0 spiro atoms. The first-order valence-corrected chi connectivity index (χ1v) is 6.89. The molecule has 6 heteroatoms. The Kier molecular flexibility index (Phi) is 5.82. The minimum Gasteiger partial charge on any atom is -0.480 e. The Bertz CT molecular complexity index is 462. The molecule has 0 aromatic carbocycles. The van der Waals surface area contributed by atoms with Gasteiger partial charge in [-0.1, -0.05) is 19.9 Å². The molecule has 5 nitrogen and oxygen atoms in total. The highest BCUT2D eigenvalue weighted by molar-refractivity contribution is 7.99. The smallest absolute Gasteiger partial charge is 0.356 e. The number of carboxylic acids is 1. The van der Waals surface area contributed by atoms with Gasteiger partial charge in [0.05, 0.1) is 12.8 Å². The molecule has 1 aromatic rings. The second kappa shape index (κ2) is 7.13. The summed E-state index contributed by atoms with van der Waals surface area (Å²) in [4.78, 5) is 26.5. The Morgan fingerprint density at radius 3 is 2.63 bits per heavy atom. The summed E-state index contributed by atoms with van der Waals surface area (Å²) in [6.07, 6.45) is 0. The van der Waals surface area contributed by atoms with E-state index < -0.39 is 17.2 Å². The maximum Gasteiger partial charge on any atom is 0.356 e. The van der Waals surface area contributed by atoms with Gasteiger partial charge in [-0.25, -0.2) is 9.78 Å². The van der Waals surface area contributed by atoms with E-state index in [1.165, 1.54) is 18.9 Å². The van der Waals surface area contributed by atoms with Crippen LogP contribution in [-0.4, -0.2) is 34.4 Å². The van der Waals surface area contributed by atoms with E-state index in [-0.39, 0.29) is 11.6 Å². The van der Waals surface area contributed by atoms with Crippen molar-refractivity contribution < 1.29 is 19.4 Å². The molecule has 1 unspecified atom stereocenters. The molecule has 0 radical (unpaired) electrons. The Morgan fingerprint density at radius 1 is 1.42 bits per heavy atom. The molecule has 0 fully saturated rings. The summed E-state index contributed by atoms with van der Waals surface area (Å²) in [6, 6.07) is 5.04. The minimum atomic E-state index is -0.830. The highest BCUT2D eigenvalue weighted by Crippen LogP contribution is 2.23. The number of aliphatic carboxylic acids is 1. The molecule has 1 aromatic heterocycles. The molecular formula is C13H17NO4S. The molecule has 0 amide bonds. The van der Waals surface area contributed by atoms with Crippen molar-refractivity contribution in [2.75, 3.05) is 7.11 Å². The molecule has 0 aliphatic rings. The van der Waals surface area contributed by atoms with E-state index in [2.05, 4.69) is 9.72 Å². The predicted molar refractivity (Wildman–Crippen MR) is 73.1 cm³/mol. The third-order valence-electron chi connectivity index (χ3n) is 2.46. The maximum atomic E-state index is 11.3. The molecule has 0 aliphatic carbocycles. The highest BCUT2D eigenvalue weighted by Gasteiger charge is 2.22. The Labute approximate surface area is 116 Å². The van der Waals surface area contributed by atoms with Crippen molar-refractivity contribution in [2.45, 2.75) is 24.9 Å². The number of carbonyl (C=O) groups excluding carboxylic acids is 1. The fraction of sp³-hybridized carbons (Fsp3) is 0.462. The summed E-state index contributed by atoms with van der Waals surface area (Å²) in [5.74, 6) is -0.846. The largest absolute Gasteiger partial charge is 0.480 e. The Morgan fingerprint density at radius 2 is 2.11 bits per heavy atom. The molecule has 0 saturated carbocycles. The van der Waals surface area contributed by atoms with E-state index in [1.54, 1.807) is 18.2 Å². The molecule has 0 bridgehead atoms. The first-order chi connectivity index (χ1) is 8.95. The van der Waals surface area contributed by atoms with Gasteiger partial charge in [0.15, 0.2) is 0 Å². The van der Waals surface area contributed by atoms with E-state index in [0.29, 0.717) is 11.4 Å². The van der Waals surface area contributed by atoms with Gasteiger partial charge >= 0.3 is 11.9 Å². The predicted octanol–water partition coefficient (Wildman–Crippen LogP) is 2.21. The lowest BCUT2D eigenvalue weighted by molar-refractivity contribution is -0.137. The summed E-state index contributed by atoms with van der Waals surface area (Å²) in [5, 5.41) is 8.60. The lowest BCUT2D eigenvalue weighted by Gasteiger charge is -2.15. The number of ether oxygens (including phenoxy) is 1. The summed E-state index contributed by atoms with van der Waals surface area (Å²) < 4.78 is 4.59. The molecule has 104 valence electrons. The van der Waals surface area contributed by atoms with Gasteiger partial charge in [0.25, 0.3) is 0 Å². The number of hydrogen-bond acceptors (Lipinski definition) is 5. The summed E-state index contributed by atoms with van der Waals surface area (Å²) >= 11 is 1.30. The fourth-order valence-electron chi connectivity index (χ4n) is 1.50. The molecule has 1 heterocycles. The molecule has 1 rings (SSSR count). The number of nitrogens with zero attached hydrogens (tertiary/aromatic N) is 1. The van der Waals surface area contributed by atoms with Crippen molar-refractivity contribution >= 4 is 23.7 Å². The van der Waals surface area contributed by atoms with Crippen LogP contribution in [0.25, 0.3) is 0 Å². The highest BCUT2D eigenvalue weighted by atomic mass is 32.2. The number of aromatic nitrogens is 1. The minimum absolute atomic E-state index is 0.0336. The van der Waals surface area contributed by atoms with E-state index in [0.717, 1.165) is 0 Å². The fourth-order valence-corrected chi connectivity index (χ4v) is 2.54. The third-order valence-corrected chi connectivity index (χ3v) is 4.03. The molecule has 19 heavy (non-hydrogen) atoms. The van der Waals surface area contributed by atoms with E-state index in [9.17, 15) is 9.59 Å². The van der Waals surface area contributed by atoms with Crippen molar-refractivity contribution in [3.05, 3.63) is 29.6 Å².